The van der Waals surface area contributed by atoms with Gasteiger partial charge in [-0.05, 0) is 41.5 Å². The highest BCUT2D eigenvalue weighted by molar-refractivity contribution is 9.11. The molecule has 1 nitrogen and oxygen atoms in total. The number of rotatable bonds is 2. The molecule has 2 N–H and O–H groups in total. The Morgan fingerprint density at radius 2 is 1.83 bits per heavy atom. The summed E-state index contributed by atoms with van der Waals surface area (Å²) in [6, 6.07) is 9.89. The van der Waals surface area contributed by atoms with Crippen LogP contribution in [0.2, 0.25) is 5.02 Å². The fourth-order valence-electron chi connectivity index (χ4n) is 1.64. The summed E-state index contributed by atoms with van der Waals surface area (Å²) in [7, 11) is 0. The molecule has 5 heteroatoms. The quantitative estimate of drug-likeness (QED) is 0.759. The summed E-state index contributed by atoms with van der Waals surface area (Å²) >= 11 is 12.6. The standard InChI is InChI=1S/C13H9Br2ClFN/c14-8-2-3-10(15)9(6-8)13(18)7-1-4-12(17)11(16)5-7/h1-6,13H,18H2. The van der Waals surface area contributed by atoms with Gasteiger partial charge in [-0.3, -0.25) is 0 Å². The van der Waals surface area contributed by atoms with E-state index >= 15 is 0 Å². The Balaban J connectivity index is 2.44. The summed E-state index contributed by atoms with van der Waals surface area (Å²) in [4.78, 5) is 0. The van der Waals surface area contributed by atoms with Crippen LogP contribution in [0.3, 0.4) is 0 Å². The van der Waals surface area contributed by atoms with Crippen molar-refractivity contribution in [2.45, 2.75) is 6.04 Å². The third-order valence-electron chi connectivity index (χ3n) is 2.60. The summed E-state index contributed by atoms with van der Waals surface area (Å²) in [5.41, 5.74) is 7.85. The van der Waals surface area contributed by atoms with Crippen molar-refractivity contribution in [2.24, 2.45) is 5.73 Å². The van der Waals surface area contributed by atoms with E-state index in [0.717, 1.165) is 20.1 Å². The molecule has 0 heterocycles. The Kier molecular flexibility index (Phi) is 4.43. The normalized spacial score (nSPS) is 12.5. The topological polar surface area (TPSA) is 26.0 Å². The fourth-order valence-corrected chi connectivity index (χ4v) is 2.70. The van der Waals surface area contributed by atoms with Crippen LogP contribution in [0.1, 0.15) is 17.2 Å². The molecule has 0 fully saturated rings. The molecule has 0 aromatic heterocycles. The number of nitrogens with two attached hydrogens (primary N) is 1. The molecule has 0 amide bonds. The average Bonchev–Trinajstić information content (AvgIpc) is 2.35. The van der Waals surface area contributed by atoms with Crippen molar-refractivity contribution in [3.05, 3.63) is 67.3 Å². The van der Waals surface area contributed by atoms with E-state index in [2.05, 4.69) is 31.9 Å². The Morgan fingerprint density at radius 1 is 1.11 bits per heavy atom. The van der Waals surface area contributed by atoms with Gasteiger partial charge in [-0.25, -0.2) is 4.39 Å². The van der Waals surface area contributed by atoms with E-state index in [9.17, 15) is 4.39 Å². The van der Waals surface area contributed by atoms with Crippen LogP contribution in [0, 0.1) is 5.82 Å². The molecule has 2 aromatic rings. The van der Waals surface area contributed by atoms with Gasteiger partial charge < -0.3 is 5.73 Å². The van der Waals surface area contributed by atoms with E-state index in [4.69, 9.17) is 17.3 Å². The number of hydrogen-bond acceptors (Lipinski definition) is 1. The maximum Gasteiger partial charge on any atom is 0.141 e. The van der Waals surface area contributed by atoms with E-state index in [1.807, 2.05) is 18.2 Å². The molecule has 0 saturated heterocycles. The summed E-state index contributed by atoms with van der Waals surface area (Å²) in [6.07, 6.45) is 0. The minimum atomic E-state index is -0.444. The first-order valence-electron chi connectivity index (χ1n) is 5.14. The number of halogens is 4. The largest absolute Gasteiger partial charge is 0.320 e. The molecular weight excluding hydrogens is 384 g/mol. The second kappa shape index (κ2) is 5.70. The molecule has 1 atom stereocenters. The van der Waals surface area contributed by atoms with E-state index in [-0.39, 0.29) is 11.1 Å². The smallest absolute Gasteiger partial charge is 0.141 e. The van der Waals surface area contributed by atoms with Crippen LogP contribution in [0.5, 0.6) is 0 Å². The van der Waals surface area contributed by atoms with E-state index in [1.54, 1.807) is 12.1 Å². The van der Waals surface area contributed by atoms with Crippen molar-refractivity contribution in [3.63, 3.8) is 0 Å². The Labute approximate surface area is 126 Å². The summed E-state index contributed by atoms with van der Waals surface area (Å²) in [6.45, 7) is 0. The Bertz CT molecular complexity index is 589. The predicted molar refractivity (Wildman–Crippen MR) is 79.3 cm³/mol. The molecule has 18 heavy (non-hydrogen) atoms. The molecule has 0 radical (unpaired) electrons. The molecule has 0 aliphatic carbocycles. The molecule has 0 bridgehead atoms. The first kappa shape index (κ1) is 14.0. The first-order chi connectivity index (χ1) is 8.49. The van der Waals surface area contributed by atoms with E-state index in [0.29, 0.717) is 0 Å². The summed E-state index contributed by atoms with van der Waals surface area (Å²) in [5, 5.41) is 0.0778. The van der Waals surface area contributed by atoms with Crippen LogP contribution in [0.4, 0.5) is 4.39 Å². The highest BCUT2D eigenvalue weighted by Crippen LogP contribution is 2.30. The first-order valence-corrected chi connectivity index (χ1v) is 7.11. The maximum absolute atomic E-state index is 13.1. The molecule has 0 aliphatic rings. The van der Waals surface area contributed by atoms with Crippen molar-refractivity contribution in [1.29, 1.82) is 0 Å². The lowest BCUT2D eigenvalue weighted by atomic mass is 10.00. The number of hydrogen-bond donors (Lipinski definition) is 1. The van der Waals surface area contributed by atoms with Gasteiger partial charge in [0.25, 0.3) is 0 Å². The van der Waals surface area contributed by atoms with Crippen LogP contribution in [0.15, 0.2) is 45.3 Å². The lowest BCUT2D eigenvalue weighted by molar-refractivity contribution is 0.627. The zero-order valence-electron chi connectivity index (χ0n) is 9.13. The van der Waals surface area contributed by atoms with Gasteiger partial charge in [0.2, 0.25) is 0 Å². The Morgan fingerprint density at radius 3 is 2.50 bits per heavy atom. The van der Waals surface area contributed by atoms with Crippen LogP contribution >= 0.6 is 43.5 Å². The van der Waals surface area contributed by atoms with Gasteiger partial charge in [0.1, 0.15) is 5.82 Å². The van der Waals surface area contributed by atoms with Gasteiger partial charge in [-0.15, -0.1) is 0 Å². The van der Waals surface area contributed by atoms with E-state index in [1.165, 1.54) is 6.07 Å². The molecule has 0 saturated carbocycles. The molecule has 0 spiro atoms. The third-order valence-corrected chi connectivity index (χ3v) is 4.10. The van der Waals surface area contributed by atoms with Crippen LogP contribution < -0.4 is 5.73 Å². The van der Waals surface area contributed by atoms with Gasteiger partial charge in [0, 0.05) is 8.95 Å². The highest BCUT2D eigenvalue weighted by atomic mass is 79.9. The molecule has 1 unspecified atom stereocenters. The minimum absolute atomic E-state index is 0.0778. The van der Waals surface area contributed by atoms with Crippen LogP contribution in [0.25, 0.3) is 0 Å². The van der Waals surface area contributed by atoms with Crippen molar-refractivity contribution in [2.75, 3.05) is 0 Å². The molecule has 2 aromatic carbocycles. The minimum Gasteiger partial charge on any atom is -0.320 e. The predicted octanol–water partition coefficient (Wildman–Crippen LogP) is 5.05. The van der Waals surface area contributed by atoms with Crippen LogP contribution in [-0.4, -0.2) is 0 Å². The van der Waals surface area contributed by atoms with Gasteiger partial charge in [-0.2, -0.15) is 0 Å². The maximum atomic E-state index is 13.1. The average molecular weight is 393 g/mol. The molecular formula is C13H9Br2ClFN. The second-order valence-electron chi connectivity index (χ2n) is 3.82. The summed E-state index contributed by atoms with van der Waals surface area (Å²) < 4.78 is 15.0. The lowest BCUT2D eigenvalue weighted by Crippen LogP contribution is -2.12. The molecule has 0 aliphatic heterocycles. The fraction of sp³-hybridized carbons (Fsp3) is 0.0769. The van der Waals surface area contributed by atoms with E-state index < -0.39 is 5.82 Å². The third kappa shape index (κ3) is 2.94. The molecule has 2 rings (SSSR count). The van der Waals surface area contributed by atoms with Crippen molar-refractivity contribution >= 4 is 43.5 Å². The zero-order chi connectivity index (χ0) is 13.3. The molecule has 94 valence electrons. The highest BCUT2D eigenvalue weighted by Gasteiger charge is 2.14. The van der Waals surface area contributed by atoms with Gasteiger partial charge >= 0.3 is 0 Å². The van der Waals surface area contributed by atoms with Gasteiger partial charge in [0.15, 0.2) is 0 Å². The lowest BCUT2D eigenvalue weighted by Gasteiger charge is -2.15. The summed E-state index contributed by atoms with van der Waals surface area (Å²) in [5.74, 6) is -0.444. The monoisotopic (exact) mass is 391 g/mol. The number of benzene rings is 2. The van der Waals surface area contributed by atoms with Gasteiger partial charge in [-0.1, -0.05) is 49.5 Å². The zero-order valence-corrected chi connectivity index (χ0v) is 13.1. The SMILES string of the molecule is NC(c1ccc(F)c(Cl)c1)c1cc(Br)ccc1Br. The van der Waals surface area contributed by atoms with Gasteiger partial charge in [0.05, 0.1) is 11.1 Å². The van der Waals surface area contributed by atoms with Crippen molar-refractivity contribution < 1.29 is 4.39 Å². The van der Waals surface area contributed by atoms with Crippen molar-refractivity contribution in [1.82, 2.24) is 0 Å². The Hall–Kier alpha value is -0.420. The van der Waals surface area contributed by atoms with Crippen molar-refractivity contribution in [3.8, 4) is 0 Å². The second-order valence-corrected chi connectivity index (χ2v) is 5.99. The van der Waals surface area contributed by atoms with Crippen LogP contribution in [-0.2, 0) is 0 Å².